The second kappa shape index (κ2) is 7.03. The minimum absolute atomic E-state index is 0.731. The molecule has 0 radical (unpaired) electrons. The van der Waals surface area contributed by atoms with Crippen molar-refractivity contribution in [1.82, 2.24) is 10.9 Å². The largest absolute Gasteiger partial charge is 0.258 e. The molecule has 0 spiro atoms. The minimum atomic E-state index is 0.731. The number of hydrogen-bond acceptors (Lipinski definition) is 2. The Morgan fingerprint density at radius 1 is 1.20 bits per heavy atom. The van der Waals surface area contributed by atoms with Crippen molar-refractivity contribution < 1.29 is 0 Å². The predicted octanol–water partition coefficient (Wildman–Crippen LogP) is 1.54. The van der Waals surface area contributed by atoms with Gasteiger partial charge < -0.3 is 0 Å². The van der Waals surface area contributed by atoms with E-state index in [9.17, 15) is 0 Å². The van der Waals surface area contributed by atoms with E-state index in [0.29, 0.717) is 0 Å². The van der Waals surface area contributed by atoms with Gasteiger partial charge in [0.1, 0.15) is 0 Å². The highest BCUT2D eigenvalue weighted by molar-refractivity contribution is 4.46. The van der Waals surface area contributed by atoms with Crippen LogP contribution in [0.3, 0.4) is 0 Å². The lowest BCUT2D eigenvalue weighted by molar-refractivity contribution is 0.463. The Morgan fingerprint density at radius 3 is 2.40 bits per heavy atom. The molecule has 0 aromatic rings. The summed E-state index contributed by atoms with van der Waals surface area (Å²) >= 11 is 0. The molecule has 0 unspecified atom stereocenters. The second-order valence-corrected chi connectivity index (χ2v) is 3.06. The van der Waals surface area contributed by atoms with E-state index in [0.717, 1.165) is 19.0 Å². The monoisotopic (exact) mass is 144 g/mol. The van der Waals surface area contributed by atoms with Crippen molar-refractivity contribution in [3.8, 4) is 0 Å². The highest BCUT2D eigenvalue weighted by Crippen LogP contribution is 1.85. The molecule has 0 bridgehead atoms. The molecule has 0 atom stereocenters. The summed E-state index contributed by atoms with van der Waals surface area (Å²) in [6.45, 7) is 8.75. The predicted molar refractivity (Wildman–Crippen MR) is 45.8 cm³/mol. The van der Waals surface area contributed by atoms with E-state index in [4.69, 9.17) is 0 Å². The first-order valence-electron chi connectivity index (χ1n) is 4.23. The Kier molecular flexibility index (Phi) is 6.98. The first-order chi connectivity index (χ1) is 4.77. The van der Waals surface area contributed by atoms with Crippen molar-refractivity contribution in [2.24, 2.45) is 5.92 Å². The topological polar surface area (TPSA) is 24.1 Å². The lowest BCUT2D eigenvalue weighted by Crippen LogP contribution is -2.35. The number of rotatable bonds is 6. The molecule has 0 aromatic carbocycles. The molecule has 0 aliphatic rings. The number of hydrazine groups is 1. The van der Waals surface area contributed by atoms with Gasteiger partial charge in [0, 0.05) is 13.1 Å². The minimum Gasteiger partial charge on any atom is -0.258 e. The van der Waals surface area contributed by atoms with Crippen molar-refractivity contribution in [2.45, 2.75) is 33.6 Å². The van der Waals surface area contributed by atoms with Crippen LogP contribution >= 0.6 is 0 Å². The van der Waals surface area contributed by atoms with Crippen LogP contribution in [0.25, 0.3) is 0 Å². The maximum atomic E-state index is 3.17. The zero-order valence-electron chi connectivity index (χ0n) is 7.41. The number of nitrogens with one attached hydrogen (secondary N) is 2. The third kappa shape index (κ3) is 7.92. The molecule has 0 saturated heterocycles. The van der Waals surface area contributed by atoms with Gasteiger partial charge in [0.05, 0.1) is 0 Å². The standard InChI is InChI=1S/C8H20N2/c1-4-5-6-9-10-7-8(2)3/h8-10H,4-7H2,1-3H3. The molecule has 2 N–H and O–H groups in total. The van der Waals surface area contributed by atoms with Crippen molar-refractivity contribution in [1.29, 1.82) is 0 Å². The maximum Gasteiger partial charge on any atom is 0.0123 e. The second-order valence-electron chi connectivity index (χ2n) is 3.06. The van der Waals surface area contributed by atoms with Crippen LogP contribution in [0.2, 0.25) is 0 Å². The van der Waals surface area contributed by atoms with Crippen LogP contribution in [0.15, 0.2) is 0 Å². The quantitative estimate of drug-likeness (QED) is 0.436. The molecule has 0 aliphatic heterocycles. The van der Waals surface area contributed by atoms with Gasteiger partial charge in [-0.25, -0.2) is 0 Å². The summed E-state index contributed by atoms with van der Waals surface area (Å²) in [4.78, 5) is 0. The van der Waals surface area contributed by atoms with E-state index in [1.54, 1.807) is 0 Å². The van der Waals surface area contributed by atoms with Gasteiger partial charge in [-0.2, -0.15) is 0 Å². The van der Waals surface area contributed by atoms with Crippen molar-refractivity contribution in [3.63, 3.8) is 0 Å². The van der Waals surface area contributed by atoms with E-state index in [2.05, 4.69) is 31.6 Å². The number of unbranched alkanes of at least 4 members (excludes halogenated alkanes) is 1. The van der Waals surface area contributed by atoms with Crippen molar-refractivity contribution in [3.05, 3.63) is 0 Å². The maximum absolute atomic E-state index is 3.17. The fourth-order valence-corrected chi connectivity index (χ4v) is 0.630. The van der Waals surface area contributed by atoms with E-state index >= 15 is 0 Å². The van der Waals surface area contributed by atoms with Gasteiger partial charge in [-0.3, -0.25) is 10.9 Å². The molecule has 0 rings (SSSR count). The van der Waals surface area contributed by atoms with E-state index in [1.165, 1.54) is 12.8 Å². The molecule has 0 saturated carbocycles. The van der Waals surface area contributed by atoms with Gasteiger partial charge in [0.25, 0.3) is 0 Å². The Balaban J connectivity index is 2.77. The molecule has 0 fully saturated rings. The lowest BCUT2D eigenvalue weighted by atomic mass is 10.2. The lowest BCUT2D eigenvalue weighted by Gasteiger charge is -2.07. The average Bonchev–Trinajstić information content (AvgIpc) is 1.87. The molecule has 0 amide bonds. The molecule has 0 aromatic heterocycles. The summed E-state index contributed by atoms with van der Waals surface area (Å²) in [5.74, 6) is 0.731. The van der Waals surface area contributed by atoms with E-state index in [1.807, 2.05) is 0 Å². The van der Waals surface area contributed by atoms with Crippen LogP contribution in [-0.4, -0.2) is 13.1 Å². The first-order valence-corrected chi connectivity index (χ1v) is 4.23. The van der Waals surface area contributed by atoms with Gasteiger partial charge >= 0.3 is 0 Å². The van der Waals surface area contributed by atoms with Gasteiger partial charge in [0.2, 0.25) is 0 Å². The summed E-state index contributed by atoms with van der Waals surface area (Å²) < 4.78 is 0. The third-order valence-electron chi connectivity index (χ3n) is 1.29. The molecule has 62 valence electrons. The molecular formula is C8H20N2. The molecule has 2 nitrogen and oxygen atoms in total. The Morgan fingerprint density at radius 2 is 1.90 bits per heavy atom. The third-order valence-corrected chi connectivity index (χ3v) is 1.29. The average molecular weight is 144 g/mol. The summed E-state index contributed by atoms with van der Waals surface area (Å²) in [6.07, 6.45) is 2.52. The highest BCUT2D eigenvalue weighted by Gasteiger charge is 1.89. The van der Waals surface area contributed by atoms with Gasteiger partial charge in [-0.05, 0) is 12.3 Å². The van der Waals surface area contributed by atoms with Crippen LogP contribution in [-0.2, 0) is 0 Å². The zero-order valence-corrected chi connectivity index (χ0v) is 7.41. The van der Waals surface area contributed by atoms with Crippen LogP contribution in [0.5, 0.6) is 0 Å². The fraction of sp³-hybridized carbons (Fsp3) is 1.00. The summed E-state index contributed by atoms with van der Waals surface area (Å²) in [7, 11) is 0. The normalized spacial score (nSPS) is 10.8. The number of hydrogen-bond donors (Lipinski definition) is 2. The Hall–Kier alpha value is -0.0800. The Bertz CT molecular complexity index is 62.3. The van der Waals surface area contributed by atoms with Gasteiger partial charge in [0.15, 0.2) is 0 Å². The molecule has 2 heteroatoms. The van der Waals surface area contributed by atoms with Crippen LogP contribution < -0.4 is 10.9 Å². The smallest absolute Gasteiger partial charge is 0.0123 e. The van der Waals surface area contributed by atoms with Crippen LogP contribution in [0.4, 0.5) is 0 Å². The summed E-state index contributed by atoms with van der Waals surface area (Å²) in [5.41, 5.74) is 6.34. The fourth-order valence-electron chi connectivity index (χ4n) is 0.630. The van der Waals surface area contributed by atoms with Crippen molar-refractivity contribution >= 4 is 0 Å². The van der Waals surface area contributed by atoms with Gasteiger partial charge in [-0.15, -0.1) is 0 Å². The molecule has 10 heavy (non-hydrogen) atoms. The SMILES string of the molecule is CCCCNNCC(C)C. The first kappa shape index (κ1) is 9.92. The summed E-state index contributed by atoms with van der Waals surface area (Å²) in [5, 5.41) is 0. The zero-order chi connectivity index (χ0) is 7.82. The van der Waals surface area contributed by atoms with Crippen molar-refractivity contribution in [2.75, 3.05) is 13.1 Å². The summed E-state index contributed by atoms with van der Waals surface area (Å²) in [6, 6.07) is 0. The molecule has 0 aliphatic carbocycles. The van der Waals surface area contributed by atoms with E-state index < -0.39 is 0 Å². The molecule has 0 heterocycles. The van der Waals surface area contributed by atoms with Crippen LogP contribution in [0.1, 0.15) is 33.6 Å². The van der Waals surface area contributed by atoms with Crippen LogP contribution in [0, 0.1) is 5.92 Å². The van der Waals surface area contributed by atoms with E-state index in [-0.39, 0.29) is 0 Å². The molecular weight excluding hydrogens is 124 g/mol. The Labute approximate surface area is 64.4 Å². The van der Waals surface area contributed by atoms with Gasteiger partial charge in [-0.1, -0.05) is 27.2 Å². The highest BCUT2D eigenvalue weighted by atomic mass is 15.3.